The van der Waals surface area contributed by atoms with E-state index in [2.05, 4.69) is 0 Å². The van der Waals surface area contributed by atoms with Crippen LogP contribution in [0.1, 0.15) is 26.3 Å². The molecule has 0 unspecified atom stereocenters. The molecule has 5 heteroatoms. The maximum absolute atomic E-state index is 9.89. The molecule has 5 nitrogen and oxygen atoms in total. The molecule has 0 radical (unpaired) electrons. The smallest absolute Gasteiger partial charge is 0.154 e. The Bertz CT molecular complexity index is 343. The van der Waals surface area contributed by atoms with Crippen molar-refractivity contribution in [3.05, 3.63) is 42.0 Å². The van der Waals surface area contributed by atoms with Gasteiger partial charge in [-0.25, -0.2) is 0 Å². The predicted octanol–water partition coefficient (Wildman–Crippen LogP) is 2.28. The predicted molar refractivity (Wildman–Crippen MR) is 88.4 cm³/mol. The zero-order valence-electron chi connectivity index (χ0n) is 13.6. The zero-order chi connectivity index (χ0) is 17.1. The van der Waals surface area contributed by atoms with Gasteiger partial charge in [-0.3, -0.25) is 4.79 Å². The van der Waals surface area contributed by atoms with Crippen LogP contribution in [0.5, 0.6) is 0 Å². The van der Waals surface area contributed by atoms with Crippen LogP contribution in [0.2, 0.25) is 0 Å². The minimum atomic E-state index is -0.125. The Morgan fingerprint density at radius 2 is 1.55 bits per heavy atom. The normalized spacial score (nSPS) is 9.73. The van der Waals surface area contributed by atoms with E-state index in [1.54, 1.807) is 6.08 Å². The number of aliphatic hydroxyl groups is 2. The van der Waals surface area contributed by atoms with E-state index >= 15 is 0 Å². The molecule has 0 fully saturated rings. The van der Waals surface area contributed by atoms with Gasteiger partial charge in [-0.2, -0.15) is 0 Å². The van der Waals surface area contributed by atoms with Gasteiger partial charge in [0.15, 0.2) is 6.29 Å². The van der Waals surface area contributed by atoms with E-state index in [-0.39, 0.29) is 19.5 Å². The number of rotatable bonds is 7. The molecule has 126 valence electrons. The van der Waals surface area contributed by atoms with Gasteiger partial charge in [0.2, 0.25) is 0 Å². The van der Waals surface area contributed by atoms with Crippen molar-refractivity contribution in [1.82, 2.24) is 0 Å². The van der Waals surface area contributed by atoms with E-state index in [0.29, 0.717) is 0 Å². The van der Waals surface area contributed by atoms with Crippen LogP contribution >= 0.6 is 0 Å². The molecule has 0 heterocycles. The maximum Gasteiger partial charge on any atom is 0.154 e. The summed E-state index contributed by atoms with van der Waals surface area (Å²) in [4.78, 5) is 9.89. The lowest BCUT2D eigenvalue weighted by Gasteiger charge is -2.09. The van der Waals surface area contributed by atoms with Gasteiger partial charge in [-0.1, -0.05) is 36.4 Å². The molecule has 0 spiro atoms. The summed E-state index contributed by atoms with van der Waals surface area (Å²) in [5, 5.41) is 15.2. The van der Waals surface area contributed by atoms with Crippen molar-refractivity contribution in [2.45, 2.75) is 27.1 Å². The van der Waals surface area contributed by atoms with E-state index in [9.17, 15) is 4.79 Å². The highest BCUT2D eigenvalue weighted by Crippen LogP contribution is 1.99. The second-order valence-corrected chi connectivity index (χ2v) is 3.83. The standard InChI is InChI=1S/C9H8O.C6H14O2.C2H6O2/c10-8-4-7-9-5-2-1-3-6-9;1-4-7-6(3)8-5-2;3-1-2-4/h1-8H;6H,4-5H2,1-3H3;3-4H,1-2H2/b7-4-;;. The summed E-state index contributed by atoms with van der Waals surface area (Å²) in [6.45, 7) is 7.00. The summed E-state index contributed by atoms with van der Waals surface area (Å²) >= 11 is 0. The highest BCUT2D eigenvalue weighted by atomic mass is 16.7. The largest absolute Gasteiger partial charge is 0.394 e. The highest BCUT2D eigenvalue weighted by Gasteiger charge is 1.94. The number of hydrogen-bond donors (Lipinski definition) is 2. The Morgan fingerprint density at radius 1 is 1.05 bits per heavy atom. The monoisotopic (exact) mass is 312 g/mol. The third-order valence-corrected chi connectivity index (χ3v) is 2.07. The lowest BCUT2D eigenvalue weighted by molar-refractivity contribution is -0.123. The zero-order valence-corrected chi connectivity index (χ0v) is 13.6. The lowest BCUT2D eigenvalue weighted by Crippen LogP contribution is -2.11. The Kier molecular flexibility index (Phi) is 20.1. The van der Waals surface area contributed by atoms with Crippen LogP contribution in [-0.2, 0) is 14.3 Å². The second-order valence-electron chi connectivity index (χ2n) is 3.83. The van der Waals surface area contributed by atoms with Crippen LogP contribution in [-0.4, -0.2) is 49.2 Å². The van der Waals surface area contributed by atoms with Gasteiger partial charge in [-0.15, -0.1) is 0 Å². The minimum Gasteiger partial charge on any atom is -0.394 e. The molecule has 1 aromatic carbocycles. The number of aliphatic hydroxyl groups excluding tert-OH is 2. The van der Waals surface area contributed by atoms with Crippen LogP contribution in [0.3, 0.4) is 0 Å². The van der Waals surface area contributed by atoms with Gasteiger partial charge in [0.1, 0.15) is 6.29 Å². The molecule has 0 aromatic heterocycles. The molecule has 1 rings (SSSR count). The molecule has 0 amide bonds. The minimum absolute atomic E-state index is 0.0370. The first-order chi connectivity index (χ1) is 10.7. The van der Waals surface area contributed by atoms with Crippen molar-refractivity contribution < 1.29 is 24.5 Å². The van der Waals surface area contributed by atoms with Gasteiger partial charge in [0.25, 0.3) is 0 Å². The molecule has 1 aromatic rings. The summed E-state index contributed by atoms with van der Waals surface area (Å²) < 4.78 is 10.1. The van der Waals surface area contributed by atoms with Crippen molar-refractivity contribution in [3.63, 3.8) is 0 Å². The average molecular weight is 312 g/mol. The molecule has 0 bridgehead atoms. The van der Waals surface area contributed by atoms with Crippen molar-refractivity contribution >= 4 is 12.4 Å². The fourth-order valence-corrected chi connectivity index (χ4v) is 1.23. The summed E-state index contributed by atoms with van der Waals surface area (Å²) in [5.41, 5.74) is 1.05. The van der Waals surface area contributed by atoms with E-state index in [1.807, 2.05) is 51.1 Å². The number of carbonyl (C=O) groups is 1. The molecular formula is C17H28O5. The van der Waals surface area contributed by atoms with Gasteiger partial charge < -0.3 is 19.7 Å². The molecule has 0 saturated heterocycles. The highest BCUT2D eigenvalue weighted by molar-refractivity contribution is 5.73. The molecule has 22 heavy (non-hydrogen) atoms. The Labute approximate surface area is 133 Å². The van der Waals surface area contributed by atoms with E-state index in [0.717, 1.165) is 25.1 Å². The average Bonchev–Trinajstić information content (AvgIpc) is 2.55. The third-order valence-electron chi connectivity index (χ3n) is 2.07. The van der Waals surface area contributed by atoms with Gasteiger partial charge in [0, 0.05) is 13.2 Å². The maximum atomic E-state index is 9.89. The second kappa shape index (κ2) is 19.5. The van der Waals surface area contributed by atoms with Crippen molar-refractivity contribution in [2.75, 3.05) is 26.4 Å². The van der Waals surface area contributed by atoms with Crippen LogP contribution in [0.25, 0.3) is 6.08 Å². The van der Waals surface area contributed by atoms with Crippen molar-refractivity contribution in [1.29, 1.82) is 0 Å². The Hall–Kier alpha value is -1.53. The summed E-state index contributed by atoms with van der Waals surface area (Å²) in [7, 11) is 0. The van der Waals surface area contributed by atoms with Gasteiger partial charge in [-0.05, 0) is 32.4 Å². The van der Waals surface area contributed by atoms with Crippen LogP contribution < -0.4 is 0 Å². The molecule has 0 aliphatic heterocycles. The Balaban J connectivity index is 0. The number of carbonyl (C=O) groups excluding carboxylic acids is 1. The topological polar surface area (TPSA) is 76.0 Å². The van der Waals surface area contributed by atoms with Crippen LogP contribution in [0, 0.1) is 0 Å². The first-order valence-electron chi connectivity index (χ1n) is 7.27. The first-order valence-corrected chi connectivity index (χ1v) is 7.27. The summed E-state index contributed by atoms with van der Waals surface area (Å²) in [6, 6.07) is 9.70. The van der Waals surface area contributed by atoms with Crippen LogP contribution in [0.15, 0.2) is 36.4 Å². The molecule has 0 saturated carbocycles. The number of ether oxygens (including phenoxy) is 2. The first kappa shape index (κ1) is 22.7. The number of aldehydes is 1. The molecule has 0 atom stereocenters. The summed E-state index contributed by atoms with van der Waals surface area (Å²) in [5.74, 6) is 0. The van der Waals surface area contributed by atoms with Crippen LogP contribution in [0.4, 0.5) is 0 Å². The SMILES string of the molecule is CCOC(C)OCC.O=C/C=C\c1ccccc1.OCCO. The number of hydrogen-bond acceptors (Lipinski definition) is 5. The number of allylic oxidation sites excluding steroid dienone is 1. The fraction of sp³-hybridized carbons (Fsp3) is 0.471. The molecule has 0 aliphatic carbocycles. The third kappa shape index (κ3) is 18.5. The number of benzene rings is 1. The quantitative estimate of drug-likeness (QED) is 0.459. The summed E-state index contributed by atoms with van der Waals surface area (Å²) in [6.07, 6.45) is 3.99. The lowest BCUT2D eigenvalue weighted by atomic mass is 10.2. The van der Waals surface area contributed by atoms with Gasteiger partial charge in [0.05, 0.1) is 13.2 Å². The molecule has 0 aliphatic rings. The van der Waals surface area contributed by atoms with Crippen molar-refractivity contribution in [2.24, 2.45) is 0 Å². The van der Waals surface area contributed by atoms with E-state index in [4.69, 9.17) is 19.7 Å². The molecule has 2 N–H and O–H groups in total. The van der Waals surface area contributed by atoms with E-state index < -0.39 is 0 Å². The Morgan fingerprint density at radius 3 is 1.91 bits per heavy atom. The van der Waals surface area contributed by atoms with E-state index in [1.165, 1.54) is 6.08 Å². The van der Waals surface area contributed by atoms with Gasteiger partial charge >= 0.3 is 0 Å². The molecular weight excluding hydrogens is 284 g/mol. The fourth-order valence-electron chi connectivity index (χ4n) is 1.23. The van der Waals surface area contributed by atoms with Crippen molar-refractivity contribution in [3.8, 4) is 0 Å².